The van der Waals surface area contributed by atoms with Crippen LogP contribution in [0.25, 0.3) is 0 Å². The fraction of sp³-hybridized carbons (Fsp3) is 0.520. The van der Waals surface area contributed by atoms with Gasteiger partial charge in [-0.15, -0.1) is 65.6 Å². The molecule has 0 aliphatic carbocycles. The lowest BCUT2D eigenvalue weighted by Crippen LogP contribution is -2.36. The number of hydrogen-bond donors (Lipinski definition) is 2. The Morgan fingerprint density at radius 3 is 1.33 bits per heavy atom. The number of nitrogens with zero attached hydrogens (tertiary/aromatic N) is 6. The number of halogens is 1. The van der Waals surface area contributed by atoms with Crippen LogP contribution in [0.2, 0.25) is 0 Å². The van der Waals surface area contributed by atoms with Crippen LogP contribution in [0.15, 0.2) is 93.4 Å². The number of carboxylic acids is 1. The summed E-state index contributed by atoms with van der Waals surface area (Å²) in [4.78, 5) is 106. The van der Waals surface area contributed by atoms with Gasteiger partial charge in [0, 0.05) is 30.4 Å². The number of carbonyl (C=O) groups excluding carboxylic acids is 3. The van der Waals surface area contributed by atoms with Crippen LogP contribution in [-0.2, 0) is 52.4 Å². The summed E-state index contributed by atoms with van der Waals surface area (Å²) in [7, 11) is 0. The van der Waals surface area contributed by atoms with E-state index >= 15 is 0 Å². The predicted molar refractivity (Wildman–Crippen MR) is 297 cm³/mol. The summed E-state index contributed by atoms with van der Waals surface area (Å²) in [5, 5.41) is 48.5. The first kappa shape index (κ1) is 67.8. The zero-order chi connectivity index (χ0) is 61.6. The zero-order valence-corrected chi connectivity index (χ0v) is 49.6. The fourth-order valence-corrected chi connectivity index (χ4v) is 11.9. The lowest BCUT2D eigenvalue weighted by Gasteiger charge is -2.17. The number of thioether (sulfide) groups is 4. The molecule has 0 bridgehead atoms. The second kappa shape index (κ2) is 34.1. The van der Waals surface area contributed by atoms with Gasteiger partial charge in [-0.3, -0.25) is 4.79 Å². The third-order valence-electron chi connectivity index (χ3n) is 12.2. The number of H-pyrrole nitrogens is 1. The highest BCUT2D eigenvalue weighted by Crippen LogP contribution is 2.34. The molecular formula is C50H59ClN7O23S4+. The summed E-state index contributed by atoms with van der Waals surface area (Å²) in [6.07, 6.45) is -1.03. The van der Waals surface area contributed by atoms with Crippen LogP contribution in [0.5, 0.6) is 0 Å². The molecule has 3 N–H and O–H groups in total. The molecule has 4 aromatic rings. The first-order valence-corrected chi connectivity index (χ1v) is 30.2. The molecule has 0 radical (unpaired) electrons. The van der Waals surface area contributed by atoms with Gasteiger partial charge in [-0.1, -0.05) is 39.5 Å². The van der Waals surface area contributed by atoms with Crippen LogP contribution < -0.4 is 4.98 Å². The van der Waals surface area contributed by atoms with E-state index < -0.39 is 112 Å². The number of aromatic carboxylic acids is 1. The number of hydrogen-bond acceptors (Lipinski definition) is 29. The molecule has 6 aliphatic rings. The summed E-state index contributed by atoms with van der Waals surface area (Å²) < 4.78 is 43.1. The second-order valence-electron chi connectivity index (χ2n) is 17.6. The maximum absolute atomic E-state index is 12.4. The summed E-state index contributed by atoms with van der Waals surface area (Å²) in [5.41, 5.74) is 1.59. The second-order valence-corrected chi connectivity index (χ2v) is 23.0. The lowest BCUT2D eigenvalue weighted by molar-refractivity contribution is -0.769. The van der Waals surface area contributed by atoms with Crippen LogP contribution >= 0.6 is 58.6 Å². The first-order chi connectivity index (χ1) is 40.9. The molecule has 6 aliphatic heterocycles. The van der Waals surface area contributed by atoms with Crippen molar-refractivity contribution in [3.63, 3.8) is 0 Å². The molecule has 0 aromatic carbocycles. The number of aromatic amines is 1. The Morgan fingerprint density at radius 2 is 0.894 bits per heavy atom. The van der Waals surface area contributed by atoms with Crippen molar-refractivity contribution in [3.8, 4) is 0 Å². The van der Waals surface area contributed by atoms with Crippen molar-refractivity contribution >= 4 is 81.8 Å². The zero-order valence-electron chi connectivity index (χ0n) is 45.6. The van der Waals surface area contributed by atoms with Crippen molar-refractivity contribution in [2.24, 2.45) is 0 Å². The maximum atomic E-state index is 12.4. The number of nitrogens with one attached hydrogen (secondary N) is 1. The van der Waals surface area contributed by atoms with E-state index in [1.54, 1.807) is 73.3 Å². The summed E-state index contributed by atoms with van der Waals surface area (Å²) >= 11 is 11.3. The van der Waals surface area contributed by atoms with Crippen LogP contribution in [-0.4, -0.2) is 199 Å². The smallest absolute Gasteiger partial charge is 0.346 e. The minimum absolute atomic E-state index is 0.0220. The standard InChI is InChI=1S/2C14H16N2O7S.C8H8ClNOS.C8H9NO2S.C6H9NO6/c2*1-2-24-13-8(4-3-5-15-13)14(17)22-9-6-20-12-10(23-16(18)19)7-21-11(9)12;1-2-12-8-6(7(9)11)4-3-5-10-8;1-2-12-7-6(8(10)11)4-3-5-9-7;8-3-1-11-6-4(13-7(9)10)2-12-5(3)6/h2*3-5,9-12H,2,6-7H2,1H3;3-5H,2H2,1H3;3-5H,2H2,1H3,(H,10,11);3-6,8H,1-2H2/p+1. The van der Waals surface area contributed by atoms with Gasteiger partial charge in [-0.25, -0.2) is 34.3 Å². The number of esters is 2. The number of aromatic nitrogens is 4. The summed E-state index contributed by atoms with van der Waals surface area (Å²) in [6.45, 7) is 8.42. The highest BCUT2D eigenvalue weighted by atomic mass is 35.5. The number of carboxylic acid groups (broad SMARTS) is 1. The van der Waals surface area contributed by atoms with Crippen molar-refractivity contribution in [1.82, 2.24) is 15.0 Å². The summed E-state index contributed by atoms with van der Waals surface area (Å²) in [6, 6.07) is 13.3. The van der Waals surface area contributed by atoms with E-state index in [9.17, 15) is 54.6 Å². The molecule has 12 unspecified atom stereocenters. The van der Waals surface area contributed by atoms with E-state index in [-0.39, 0.29) is 45.2 Å². The molecule has 462 valence electrons. The number of rotatable bonds is 20. The van der Waals surface area contributed by atoms with Gasteiger partial charge in [0.2, 0.25) is 0 Å². The Labute approximate surface area is 506 Å². The van der Waals surface area contributed by atoms with Crippen molar-refractivity contribution in [2.75, 3.05) is 62.7 Å². The van der Waals surface area contributed by atoms with Gasteiger partial charge >= 0.3 is 17.9 Å². The molecule has 10 rings (SSSR count). The molecule has 6 saturated heterocycles. The van der Waals surface area contributed by atoms with Gasteiger partial charge in [0.1, 0.15) is 63.4 Å². The fourth-order valence-electron chi connectivity index (χ4n) is 8.75. The molecule has 0 amide bonds. The number of aliphatic hydroxyl groups is 1. The third kappa shape index (κ3) is 19.3. The van der Waals surface area contributed by atoms with E-state index in [1.807, 2.05) is 27.7 Å². The van der Waals surface area contributed by atoms with Crippen LogP contribution in [0, 0.1) is 30.3 Å². The van der Waals surface area contributed by atoms with Gasteiger partial charge in [-0.2, -0.15) is 0 Å². The molecular weight excluding hydrogens is 1230 g/mol. The molecule has 4 aromatic heterocycles. The molecule has 0 saturated carbocycles. The first-order valence-electron chi connectivity index (χ1n) is 25.9. The van der Waals surface area contributed by atoms with E-state index in [1.165, 1.54) is 47.0 Å². The molecule has 12 atom stereocenters. The number of fused-ring (bicyclic) bond motifs is 3. The predicted octanol–water partition coefficient (Wildman–Crippen LogP) is 4.79. The Hall–Kier alpha value is -6.31. The van der Waals surface area contributed by atoms with E-state index in [4.69, 9.17) is 54.6 Å². The van der Waals surface area contributed by atoms with E-state index in [0.717, 1.165) is 28.0 Å². The SMILES string of the molecule is CCSc1[nH+]cccc1C(=O)OC1COC2C(O[N+](=O)[O-])COC12.CCSc1ncccc1C(=O)Cl.CCSc1ncccc1C(=O)O.CCSc1ncccc1C(=O)OC1COC2C(O[N+](=O)[O-])COC12.O=[N+]([O-])OC1COC2C(O)COC12. The largest absolute Gasteiger partial charge is 0.478 e. The Kier molecular flexibility index (Phi) is 27.2. The van der Waals surface area contributed by atoms with Gasteiger partial charge in [0.05, 0.1) is 56.3 Å². The average molecular weight is 1290 g/mol. The molecule has 6 fully saturated rings. The Balaban J connectivity index is 0.000000177. The highest BCUT2D eigenvalue weighted by molar-refractivity contribution is 7.99. The minimum Gasteiger partial charge on any atom is -0.478 e. The van der Waals surface area contributed by atoms with Crippen molar-refractivity contribution in [2.45, 2.75) is 121 Å². The third-order valence-corrected chi connectivity index (χ3v) is 16.0. The number of ether oxygens (including phenoxy) is 8. The molecule has 10 heterocycles. The maximum Gasteiger partial charge on any atom is 0.346 e. The lowest BCUT2D eigenvalue weighted by atomic mass is 10.1. The topological polar surface area (TPSA) is 393 Å². The molecule has 30 nitrogen and oxygen atoms in total. The Bertz CT molecular complexity index is 2750. The van der Waals surface area contributed by atoms with Gasteiger partial charge < -0.3 is 62.6 Å². The van der Waals surface area contributed by atoms with Gasteiger partial charge in [-0.05, 0) is 71.3 Å². The van der Waals surface area contributed by atoms with Gasteiger partial charge in [0.25, 0.3) is 25.5 Å². The quantitative estimate of drug-likeness (QED) is 0.0395. The van der Waals surface area contributed by atoms with E-state index in [2.05, 4.69) is 34.4 Å². The number of aliphatic hydroxyl groups excluding tert-OH is 1. The average Bonchev–Trinajstić information content (AvgIpc) is 3.65. The molecule has 0 spiro atoms. The highest BCUT2D eigenvalue weighted by Gasteiger charge is 2.53. The molecule has 85 heavy (non-hydrogen) atoms. The van der Waals surface area contributed by atoms with Crippen LogP contribution in [0.3, 0.4) is 0 Å². The normalized spacial score (nSPS) is 25.4. The minimum atomic E-state index is -0.918. The van der Waals surface area contributed by atoms with Gasteiger partial charge in [0.15, 0.2) is 36.7 Å². The summed E-state index contributed by atoms with van der Waals surface area (Å²) in [5.74, 6) is 1.37. The van der Waals surface area contributed by atoms with Crippen molar-refractivity contribution in [3.05, 3.63) is 126 Å². The number of pyridine rings is 4. The Morgan fingerprint density at radius 1 is 0.541 bits per heavy atom. The van der Waals surface area contributed by atoms with Crippen LogP contribution in [0.1, 0.15) is 69.1 Å². The van der Waals surface area contributed by atoms with Crippen LogP contribution in [0.4, 0.5) is 0 Å². The monoisotopic (exact) mass is 1290 g/mol. The van der Waals surface area contributed by atoms with Crippen molar-refractivity contribution in [1.29, 1.82) is 0 Å². The van der Waals surface area contributed by atoms with E-state index in [0.29, 0.717) is 31.8 Å². The molecule has 35 heteroatoms. The number of carbonyl (C=O) groups is 4. The van der Waals surface area contributed by atoms with Crippen molar-refractivity contribution < 1.29 is 102 Å².